The Morgan fingerprint density at radius 2 is 2.19 bits per heavy atom. The van der Waals surface area contributed by atoms with Crippen molar-refractivity contribution in [2.24, 2.45) is 0 Å². The van der Waals surface area contributed by atoms with E-state index in [1.807, 2.05) is 0 Å². The average molecular weight is 310 g/mol. The van der Waals surface area contributed by atoms with E-state index in [0.717, 1.165) is 62.3 Å². The van der Waals surface area contributed by atoms with Crippen LogP contribution in [-0.2, 0) is 11.3 Å². The normalized spacial score (nSPS) is 24.3. The van der Waals surface area contributed by atoms with Gasteiger partial charge in [0.05, 0.1) is 12.6 Å². The van der Waals surface area contributed by atoms with Crippen molar-refractivity contribution >= 4 is 17.2 Å². The Morgan fingerprint density at radius 3 is 2.90 bits per heavy atom. The topological polar surface area (TPSA) is 77.2 Å². The van der Waals surface area contributed by atoms with Crippen molar-refractivity contribution in [3.63, 3.8) is 0 Å². The van der Waals surface area contributed by atoms with Gasteiger partial charge in [-0.15, -0.1) is 0 Å². The average Bonchev–Trinajstić information content (AvgIpc) is 3.14. The summed E-state index contributed by atoms with van der Waals surface area (Å²) in [5.74, 6) is 0.0954. The fourth-order valence-corrected chi connectivity index (χ4v) is 3.93. The minimum atomic E-state index is -0.0727. The van der Waals surface area contributed by atoms with E-state index in [1.54, 1.807) is 5.38 Å². The highest BCUT2D eigenvalue weighted by Gasteiger charge is 2.35. The molecule has 1 unspecified atom stereocenters. The highest BCUT2D eigenvalue weighted by Crippen LogP contribution is 2.24. The van der Waals surface area contributed by atoms with Crippen molar-refractivity contribution in [2.45, 2.75) is 44.3 Å². The molecule has 2 aliphatic rings. The van der Waals surface area contributed by atoms with Crippen LogP contribution in [0.1, 0.15) is 31.4 Å². The Labute approximate surface area is 127 Å². The molecule has 0 spiro atoms. The third-order valence-electron chi connectivity index (χ3n) is 4.40. The van der Waals surface area contributed by atoms with E-state index in [1.165, 1.54) is 0 Å². The summed E-state index contributed by atoms with van der Waals surface area (Å²) in [6, 6.07) is 0.531. The fraction of sp³-hybridized carbons (Fsp3) is 0.714. The van der Waals surface area contributed by atoms with Gasteiger partial charge in [-0.2, -0.15) is 0 Å². The monoisotopic (exact) mass is 310 g/mol. The number of nitrogens with one attached hydrogen (secondary N) is 3. The van der Waals surface area contributed by atoms with E-state index >= 15 is 0 Å². The molecular weight excluding hydrogens is 288 g/mol. The number of piperidine rings is 1. The molecule has 2 fully saturated rings. The van der Waals surface area contributed by atoms with E-state index in [9.17, 15) is 9.59 Å². The molecule has 0 saturated carbocycles. The minimum Gasteiger partial charge on any atom is -0.349 e. The first-order valence-electron chi connectivity index (χ1n) is 7.65. The van der Waals surface area contributed by atoms with E-state index in [2.05, 4.69) is 20.5 Å². The number of carbonyl (C=O) groups is 1. The molecule has 0 aromatic carbocycles. The van der Waals surface area contributed by atoms with Gasteiger partial charge in [0, 0.05) is 17.1 Å². The maximum atomic E-state index is 12.4. The molecule has 2 aliphatic heterocycles. The second-order valence-corrected chi connectivity index (χ2v) is 6.61. The molecule has 116 valence electrons. The lowest BCUT2D eigenvalue weighted by atomic mass is 10.0. The smallest absolute Gasteiger partial charge is 0.304 e. The Morgan fingerprint density at radius 1 is 1.38 bits per heavy atom. The van der Waals surface area contributed by atoms with Crippen LogP contribution in [0.15, 0.2) is 10.2 Å². The predicted molar refractivity (Wildman–Crippen MR) is 82.4 cm³/mol. The SMILES string of the molecule is O=C(NCc1csc(=O)[nH]1)C1CCCN1C1CCNCC1. The number of aromatic amines is 1. The maximum Gasteiger partial charge on any atom is 0.304 e. The number of hydrogen-bond donors (Lipinski definition) is 3. The summed E-state index contributed by atoms with van der Waals surface area (Å²) in [5.41, 5.74) is 0.782. The zero-order valence-corrected chi connectivity index (χ0v) is 12.9. The number of rotatable bonds is 4. The van der Waals surface area contributed by atoms with Crippen molar-refractivity contribution in [2.75, 3.05) is 19.6 Å². The van der Waals surface area contributed by atoms with Crippen LogP contribution in [0, 0.1) is 0 Å². The Kier molecular flexibility index (Phi) is 4.72. The molecule has 1 amide bonds. The third kappa shape index (κ3) is 3.53. The van der Waals surface area contributed by atoms with Gasteiger partial charge in [0.1, 0.15) is 0 Å². The van der Waals surface area contributed by atoms with E-state index in [4.69, 9.17) is 0 Å². The zero-order chi connectivity index (χ0) is 14.7. The molecule has 2 saturated heterocycles. The van der Waals surface area contributed by atoms with E-state index in [-0.39, 0.29) is 16.8 Å². The molecule has 3 heterocycles. The molecule has 6 nitrogen and oxygen atoms in total. The molecule has 1 atom stereocenters. The number of nitrogens with zero attached hydrogens (tertiary/aromatic N) is 1. The van der Waals surface area contributed by atoms with Crippen LogP contribution in [0.25, 0.3) is 0 Å². The van der Waals surface area contributed by atoms with Crippen LogP contribution in [-0.4, -0.2) is 47.5 Å². The van der Waals surface area contributed by atoms with Gasteiger partial charge in [0.25, 0.3) is 0 Å². The van der Waals surface area contributed by atoms with Gasteiger partial charge in [0.15, 0.2) is 0 Å². The van der Waals surface area contributed by atoms with Crippen LogP contribution < -0.4 is 15.5 Å². The molecule has 21 heavy (non-hydrogen) atoms. The van der Waals surface area contributed by atoms with Crippen LogP contribution >= 0.6 is 11.3 Å². The van der Waals surface area contributed by atoms with E-state index in [0.29, 0.717) is 12.6 Å². The summed E-state index contributed by atoms with van der Waals surface area (Å²) in [5, 5.41) is 8.10. The lowest BCUT2D eigenvalue weighted by Gasteiger charge is -2.35. The first-order chi connectivity index (χ1) is 10.2. The molecule has 1 aromatic rings. The highest BCUT2D eigenvalue weighted by atomic mass is 32.1. The predicted octanol–water partition coefficient (Wildman–Crippen LogP) is 0.269. The summed E-state index contributed by atoms with van der Waals surface area (Å²) in [4.78, 5) is 28.5. The highest BCUT2D eigenvalue weighted by molar-refractivity contribution is 7.07. The van der Waals surface area contributed by atoms with Crippen LogP contribution in [0.4, 0.5) is 0 Å². The van der Waals surface area contributed by atoms with Gasteiger partial charge in [-0.05, 0) is 45.3 Å². The van der Waals surface area contributed by atoms with Crippen molar-refractivity contribution in [1.29, 1.82) is 0 Å². The molecular formula is C14H22N4O2S. The lowest BCUT2D eigenvalue weighted by molar-refractivity contribution is -0.126. The summed E-state index contributed by atoms with van der Waals surface area (Å²) in [7, 11) is 0. The van der Waals surface area contributed by atoms with Crippen molar-refractivity contribution in [3.8, 4) is 0 Å². The first-order valence-corrected chi connectivity index (χ1v) is 8.53. The van der Waals surface area contributed by atoms with Gasteiger partial charge in [-0.1, -0.05) is 11.3 Å². The zero-order valence-electron chi connectivity index (χ0n) is 12.1. The number of thiazole rings is 1. The van der Waals surface area contributed by atoms with Crippen LogP contribution in [0.3, 0.4) is 0 Å². The summed E-state index contributed by atoms with van der Waals surface area (Å²) >= 11 is 1.13. The van der Waals surface area contributed by atoms with Crippen molar-refractivity contribution in [1.82, 2.24) is 20.5 Å². The Balaban J connectivity index is 1.56. The molecule has 0 radical (unpaired) electrons. The molecule has 7 heteroatoms. The minimum absolute atomic E-state index is 0.00143. The molecule has 1 aromatic heterocycles. The molecule has 0 bridgehead atoms. The number of hydrogen-bond acceptors (Lipinski definition) is 5. The summed E-state index contributed by atoms with van der Waals surface area (Å²) < 4.78 is 0. The van der Waals surface area contributed by atoms with Gasteiger partial charge in [-0.3, -0.25) is 14.5 Å². The second-order valence-electron chi connectivity index (χ2n) is 5.77. The number of likely N-dealkylation sites (tertiary alicyclic amines) is 1. The summed E-state index contributed by atoms with van der Waals surface area (Å²) in [6.07, 6.45) is 4.29. The van der Waals surface area contributed by atoms with Crippen LogP contribution in [0.5, 0.6) is 0 Å². The van der Waals surface area contributed by atoms with Gasteiger partial charge >= 0.3 is 4.87 Å². The van der Waals surface area contributed by atoms with Crippen molar-refractivity contribution in [3.05, 3.63) is 20.7 Å². The summed E-state index contributed by atoms with van der Waals surface area (Å²) in [6.45, 7) is 3.53. The van der Waals surface area contributed by atoms with Crippen molar-refractivity contribution < 1.29 is 4.79 Å². The molecule has 3 N–H and O–H groups in total. The van der Waals surface area contributed by atoms with Crippen LogP contribution in [0.2, 0.25) is 0 Å². The fourth-order valence-electron chi connectivity index (χ4n) is 3.35. The number of carbonyl (C=O) groups excluding carboxylic acids is 1. The molecule has 0 aliphatic carbocycles. The van der Waals surface area contributed by atoms with Gasteiger partial charge in [0.2, 0.25) is 5.91 Å². The number of amides is 1. The second kappa shape index (κ2) is 6.72. The lowest BCUT2D eigenvalue weighted by Crippen LogP contribution is -2.50. The molecule has 3 rings (SSSR count). The third-order valence-corrected chi connectivity index (χ3v) is 5.12. The largest absolute Gasteiger partial charge is 0.349 e. The Bertz CT molecular complexity index is 535. The first kappa shape index (κ1) is 14.7. The quantitative estimate of drug-likeness (QED) is 0.746. The maximum absolute atomic E-state index is 12.4. The standard InChI is InChI=1S/C14H22N4O2S/c19-13(16-8-10-9-21-14(20)17-10)12-2-1-7-18(12)11-3-5-15-6-4-11/h9,11-12,15H,1-8H2,(H,16,19)(H,17,20). The number of aromatic nitrogens is 1. The van der Waals surface area contributed by atoms with Gasteiger partial charge < -0.3 is 15.6 Å². The Hall–Kier alpha value is -1.18. The van der Waals surface area contributed by atoms with E-state index < -0.39 is 0 Å². The number of H-pyrrole nitrogens is 1. The van der Waals surface area contributed by atoms with Gasteiger partial charge in [-0.25, -0.2) is 0 Å².